The number of carbonyl (C=O) groups is 2. The van der Waals surface area contributed by atoms with Crippen LogP contribution in [0.4, 0.5) is 5.69 Å². The van der Waals surface area contributed by atoms with E-state index in [0.717, 1.165) is 0 Å². The van der Waals surface area contributed by atoms with E-state index in [9.17, 15) is 14.7 Å². The first kappa shape index (κ1) is 14.6. The van der Waals surface area contributed by atoms with Crippen molar-refractivity contribution in [1.82, 2.24) is 0 Å². The van der Waals surface area contributed by atoms with Gasteiger partial charge in [0.05, 0.1) is 12.0 Å². The summed E-state index contributed by atoms with van der Waals surface area (Å²) >= 11 is 0. The highest BCUT2D eigenvalue weighted by Crippen LogP contribution is 2.19. The highest BCUT2D eigenvalue weighted by molar-refractivity contribution is 5.95. The van der Waals surface area contributed by atoms with Crippen molar-refractivity contribution in [2.24, 2.45) is 0 Å². The first-order valence-corrected chi connectivity index (χ1v) is 6.36. The number of benzene rings is 2. The summed E-state index contributed by atoms with van der Waals surface area (Å²) in [5.41, 5.74) is 1.32. The smallest absolute Gasteiger partial charge is 0.335 e. The average Bonchev–Trinajstić information content (AvgIpc) is 2.49. The van der Waals surface area contributed by atoms with Gasteiger partial charge in [-0.2, -0.15) is 0 Å². The minimum atomic E-state index is -1.01. The van der Waals surface area contributed by atoms with Gasteiger partial charge >= 0.3 is 5.97 Å². The number of aromatic carboxylic acids is 1. The van der Waals surface area contributed by atoms with Crippen LogP contribution < -0.4 is 4.90 Å². The van der Waals surface area contributed by atoms with Crippen molar-refractivity contribution >= 4 is 17.6 Å². The van der Waals surface area contributed by atoms with Crippen molar-refractivity contribution in [2.45, 2.75) is 6.42 Å². The van der Waals surface area contributed by atoms with Crippen LogP contribution in [0.2, 0.25) is 0 Å². The Kier molecular flexibility index (Phi) is 4.23. The molecule has 0 saturated carbocycles. The lowest BCUT2D eigenvalue weighted by molar-refractivity contribution is -0.117. The van der Waals surface area contributed by atoms with Crippen LogP contribution in [0.3, 0.4) is 0 Å². The number of carbonyl (C=O) groups excluding carboxylic acids is 1. The molecule has 0 aliphatic heterocycles. The number of nitrogens with zero attached hydrogens (tertiary/aromatic N) is 1. The summed E-state index contributed by atoms with van der Waals surface area (Å²) in [6, 6.07) is 12.7. The molecular weight excluding hydrogens is 270 g/mol. The molecule has 0 aliphatic carbocycles. The van der Waals surface area contributed by atoms with Gasteiger partial charge in [0.1, 0.15) is 5.75 Å². The predicted octanol–water partition coefficient (Wildman–Crippen LogP) is 2.30. The van der Waals surface area contributed by atoms with E-state index in [-0.39, 0.29) is 23.6 Å². The summed E-state index contributed by atoms with van der Waals surface area (Å²) in [5.74, 6) is -1.12. The van der Waals surface area contributed by atoms with Crippen molar-refractivity contribution < 1.29 is 19.8 Å². The molecule has 0 atom stereocenters. The van der Waals surface area contributed by atoms with Crippen LogP contribution in [-0.4, -0.2) is 29.1 Å². The summed E-state index contributed by atoms with van der Waals surface area (Å²) < 4.78 is 0. The third-order valence-corrected chi connectivity index (χ3v) is 3.21. The molecule has 2 rings (SSSR count). The first-order valence-electron chi connectivity index (χ1n) is 6.36. The van der Waals surface area contributed by atoms with E-state index in [0.29, 0.717) is 11.3 Å². The molecule has 108 valence electrons. The standard InChI is InChI=1S/C16H15NO4/c1-17(13-8-6-11(7-9-13)16(20)21)15(19)10-12-4-2-3-5-14(12)18/h2-9,18H,10H2,1H3,(H,20,21). The number of para-hydroxylation sites is 1. The molecule has 5 nitrogen and oxygen atoms in total. The zero-order valence-corrected chi connectivity index (χ0v) is 11.5. The number of carboxylic acid groups (broad SMARTS) is 1. The highest BCUT2D eigenvalue weighted by atomic mass is 16.4. The van der Waals surface area contributed by atoms with Crippen LogP contribution in [0.5, 0.6) is 5.75 Å². The van der Waals surface area contributed by atoms with E-state index in [1.165, 1.54) is 23.1 Å². The Hall–Kier alpha value is -2.82. The van der Waals surface area contributed by atoms with Crippen molar-refractivity contribution in [3.63, 3.8) is 0 Å². The zero-order valence-electron chi connectivity index (χ0n) is 11.5. The van der Waals surface area contributed by atoms with Crippen molar-refractivity contribution in [3.05, 3.63) is 59.7 Å². The van der Waals surface area contributed by atoms with Gasteiger partial charge in [0.25, 0.3) is 0 Å². The second kappa shape index (κ2) is 6.09. The van der Waals surface area contributed by atoms with Gasteiger partial charge < -0.3 is 15.1 Å². The van der Waals surface area contributed by atoms with Crippen LogP contribution in [0.1, 0.15) is 15.9 Å². The summed E-state index contributed by atoms with van der Waals surface area (Å²) in [6.45, 7) is 0. The van der Waals surface area contributed by atoms with Gasteiger partial charge in [0, 0.05) is 18.3 Å². The largest absolute Gasteiger partial charge is 0.508 e. The number of anilines is 1. The fraction of sp³-hybridized carbons (Fsp3) is 0.125. The first-order chi connectivity index (χ1) is 9.99. The molecule has 0 unspecified atom stereocenters. The summed E-state index contributed by atoms with van der Waals surface area (Å²) in [5, 5.41) is 18.5. The van der Waals surface area contributed by atoms with Gasteiger partial charge in [0.2, 0.25) is 5.91 Å². The van der Waals surface area contributed by atoms with Crippen LogP contribution in [0.15, 0.2) is 48.5 Å². The monoisotopic (exact) mass is 285 g/mol. The predicted molar refractivity (Wildman–Crippen MR) is 78.6 cm³/mol. The molecule has 0 fully saturated rings. The van der Waals surface area contributed by atoms with E-state index in [1.54, 1.807) is 37.4 Å². The quantitative estimate of drug-likeness (QED) is 0.903. The summed E-state index contributed by atoms with van der Waals surface area (Å²) in [7, 11) is 1.61. The topological polar surface area (TPSA) is 77.8 Å². The van der Waals surface area contributed by atoms with Crippen LogP contribution >= 0.6 is 0 Å². The minimum Gasteiger partial charge on any atom is -0.508 e. The Balaban J connectivity index is 2.12. The molecule has 1 amide bonds. The van der Waals surface area contributed by atoms with E-state index in [2.05, 4.69) is 0 Å². The maximum atomic E-state index is 12.2. The number of likely N-dealkylation sites (N-methyl/N-ethyl adjacent to an activating group) is 1. The maximum Gasteiger partial charge on any atom is 0.335 e. The maximum absolute atomic E-state index is 12.2. The summed E-state index contributed by atoms with van der Waals surface area (Å²) in [4.78, 5) is 24.4. The normalized spacial score (nSPS) is 10.1. The van der Waals surface area contributed by atoms with Gasteiger partial charge in [-0.3, -0.25) is 4.79 Å². The van der Waals surface area contributed by atoms with E-state index in [1.807, 2.05) is 0 Å². The van der Waals surface area contributed by atoms with Gasteiger partial charge in [0.15, 0.2) is 0 Å². The second-order valence-electron chi connectivity index (χ2n) is 4.61. The number of hydrogen-bond acceptors (Lipinski definition) is 3. The van der Waals surface area contributed by atoms with Crippen LogP contribution in [-0.2, 0) is 11.2 Å². The lowest BCUT2D eigenvalue weighted by atomic mass is 10.1. The van der Waals surface area contributed by atoms with Crippen LogP contribution in [0, 0.1) is 0 Å². The Morgan fingerprint density at radius 2 is 1.67 bits per heavy atom. The molecule has 0 heterocycles. The third kappa shape index (κ3) is 3.39. The molecular formula is C16H15NO4. The minimum absolute atomic E-state index is 0.0733. The van der Waals surface area contributed by atoms with Crippen molar-refractivity contribution in [1.29, 1.82) is 0 Å². The number of phenolic OH excluding ortho intramolecular Hbond substituents is 1. The molecule has 0 spiro atoms. The molecule has 2 N–H and O–H groups in total. The zero-order chi connectivity index (χ0) is 15.4. The van der Waals surface area contributed by atoms with Crippen molar-refractivity contribution in [2.75, 3.05) is 11.9 Å². The van der Waals surface area contributed by atoms with Crippen molar-refractivity contribution in [3.8, 4) is 5.75 Å². The molecule has 21 heavy (non-hydrogen) atoms. The Morgan fingerprint density at radius 1 is 1.05 bits per heavy atom. The molecule has 2 aromatic carbocycles. The molecule has 0 aromatic heterocycles. The summed E-state index contributed by atoms with van der Waals surface area (Å²) in [6.07, 6.45) is 0.0733. The molecule has 2 aromatic rings. The van der Waals surface area contributed by atoms with Gasteiger partial charge in [-0.1, -0.05) is 18.2 Å². The number of rotatable bonds is 4. The number of amides is 1. The number of carboxylic acids is 1. The number of phenols is 1. The van der Waals surface area contributed by atoms with E-state index >= 15 is 0 Å². The lowest BCUT2D eigenvalue weighted by Gasteiger charge is -2.17. The fourth-order valence-corrected chi connectivity index (χ4v) is 1.91. The Morgan fingerprint density at radius 3 is 2.24 bits per heavy atom. The van der Waals surface area contributed by atoms with Gasteiger partial charge in [-0.25, -0.2) is 4.79 Å². The van der Waals surface area contributed by atoms with E-state index in [4.69, 9.17) is 5.11 Å². The molecule has 0 saturated heterocycles. The number of hydrogen-bond donors (Lipinski definition) is 2. The molecule has 0 radical (unpaired) electrons. The van der Waals surface area contributed by atoms with E-state index < -0.39 is 5.97 Å². The van der Waals surface area contributed by atoms with Gasteiger partial charge in [-0.15, -0.1) is 0 Å². The molecule has 0 bridgehead atoms. The van der Waals surface area contributed by atoms with Crippen LogP contribution in [0.25, 0.3) is 0 Å². The number of aromatic hydroxyl groups is 1. The SMILES string of the molecule is CN(C(=O)Cc1ccccc1O)c1ccc(C(=O)O)cc1. The molecule has 5 heteroatoms. The lowest BCUT2D eigenvalue weighted by Crippen LogP contribution is -2.27. The van der Waals surface area contributed by atoms with Gasteiger partial charge in [-0.05, 0) is 30.3 Å². The molecule has 0 aliphatic rings. The average molecular weight is 285 g/mol. The Labute approximate surface area is 122 Å². The third-order valence-electron chi connectivity index (χ3n) is 3.21. The second-order valence-corrected chi connectivity index (χ2v) is 4.61. The highest BCUT2D eigenvalue weighted by Gasteiger charge is 2.14. The Bertz CT molecular complexity index is 664. The fourth-order valence-electron chi connectivity index (χ4n) is 1.91.